The summed E-state index contributed by atoms with van der Waals surface area (Å²) in [5.74, 6) is -0.583. The molecule has 0 unspecified atom stereocenters. The molecular weight excluding hydrogens is 444 g/mol. The third-order valence-corrected chi connectivity index (χ3v) is 7.19. The van der Waals surface area contributed by atoms with Crippen LogP contribution in [-0.4, -0.2) is 23.6 Å². The molecule has 0 saturated heterocycles. The summed E-state index contributed by atoms with van der Waals surface area (Å²) in [6.45, 7) is 3.47. The quantitative estimate of drug-likeness (QED) is 0.430. The second kappa shape index (κ2) is 10.8. The number of para-hydroxylation sites is 1. The van der Waals surface area contributed by atoms with Crippen LogP contribution in [0.15, 0.2) is 66.0 Å². The molecule has 2 amide bonds. The monoisotopic (exact) mass is 474 g/mol. The van der Waals surface area contributed by atoms with Crippen molar-refractivity contribution >= 4 is 34.6 Å². The summed E-state index contributed by atoms with van der Waals surface area (Å²) in [4.78, 5) is 42.6. The Labute approximate surface area is 204 Å². The Kier molecular flexibility index (Phi) is 7.58. The van der Waals surface area contributed by atoms with E-state index in [1.807, 2.05) is 48.7 Å². The molecule has 0 bridgehead atoms. The number of carbonyl (C=O) groups is 3. The van der Waals surface area contributed by atoms with E-state index >= 15 is 0 Å². The molecule has 1 saturated carbocycles. The molecule has 2 aromatic carbocycles. The lowest BCUT2D eigenvalue weighted by Crippen LogP contribution is -2.47. The topological polar surface area (TPSA) is 66.5 Å². The van der Waals surface area contributed by atoms with Crippen molar-refractivity contribution in [2.45, 2.75) is 58.0 Å². The van der Waals surface area contributed by atoms with Crippen LogP contribution in [0.2, 0.25) is 0 Å². The lowest BCUT2D eigenvalue weighted by Gasteiger charge is -2.33. The van der Waals surface area contributed by atoms with Gasteiger partial charge < -0.3 is 5.32 Å². The summed E-state index contributed by atoms with van der Waals surface area (Å²) in [6.07, 6.45) is 4.23. The summed E-state index contributed by atoms with van der Waals surface area (Å²) in [7, 11) is 0. The predicted octanol–water partition coefficient (Wildman–Crippen LogP) is 5.63. The van der Waals surface area contributed by atoms with Gasteiger partial charge in [0.15, 0.2) is 5.78 Å². The average molecular weight is 475 g/mol. The Morgan fingerprint density at radius 2 is 1.71 bits per heavy atom. The van der Waals surface area contributed by atoms with Gasteiger partial charge in [-0.15, -0.1) is 11.3 Å². The van der Waals surface area contributed by atoms with Crippen molar-refractivity contribution < 1.29 is 14.4 Å². The summed E-state index contributed by atoms with van der Waals surface area (Å²) in [5, 5.41) is 5.12. The first kappa shape index (κ1) is 23.9. The largest absolute Gasteiger partial charge is 0.351 e. The number of aryl methyl sites for hydroxylation is 1. The predicted molar refractivity (Wildman–Crippen MR) is 136 cm³/mol. The summed E-state index contributed by atoms with van der Waals surface area (Å²) in [5.41, 5.74) is 2.68. The Hall–Kier alpha value is -3.25. The van der Waals surface area contributed by atoms with Crippen molar-refractivity contribution in [3.8, 4) is 0 Å². The third kappa shape index (κ3) is 5.45. The number of anilines is 1. The molecule has 1 heterocycles. The number of ketones is 1. The second-order valence-corrected chi connectivity index (χ2v) is 9.93. The Bertz CT molecular complexity index is 1150. The van der Waals surface area contributed by atoms with Crippen LogP contribution in [0.25, 0.3) is 0 Å². The van der Waals surface area contributed by atoms with Crippen molar-refractivity contribution in [2.75, 3.05) is 4.90 Å². The standard InChI is InChI=1S/C28H30N2O3S/c1-19-13-15-21(16-14-19)27(28(33)29-22-8-3-4-9-22)30(26(32)18-23-10-7-17-34-23)25-12-6-5-11-24(25)20(2)31/h5-7,10-17,22,27H,3-4,8-9,18H2,1-2H3,(H,29,33)/t27-/m0/s1. The van der Waals surface area contributed by atoms with Crippen molar-refractivity contribution in [2.24, 2.45) is 0 Å². The van der Waals surface area contributed by atoms with E-state index in [4.69, 9.17) is 0 Å². The molecule has 34 heavy (non-hydrogen) atoms. The lowest BCUT2D eigenvalue weighted by molar-refractivity contribution is -0.127. The van der Waals surface area contributed by atoms with Crippen molar-refractivity contribution in [3.05, 3.63) is 87.6 Å². The Morgan fingerprint density at radius 1 is 1.00 bits per heavy atom. The number of nitrogens with one attached hydrogen (secondary N) is 1. The highest BCUT2D eigenvalue weighted by atomic mass is 32.1. The van der Waals surface area contributed by atoms with Gasteiger partial charge in [0, 0.05) is 16.5 Å². The van der Waals surface area contributed by atoms with Crippen LogP contribution in [0.3, 0.4) is 0 Å². The number of Topliss-reactive ketones (excluding diaryl/α,β-unsaturated/α-hetero) is 1. The smallest absolute Gasteiger partial charge is 0.248 e. The fourth-order valence-corrected chi connectivity index (χ4v) is 5.26. The fourth-order valence-electron chi connectivity index (χ4n) is 4.56. The number of rotatable bonds is 8. The molecule has 1 aliphatic rings. The van der Waals surface area contributed by atoms with Crippen LogP contribution in [-0.2, 0) is 16.0 Å². The minimum Gasteiger partial charge on any atom is -0.351 e. The zero-order chi connectivity index (χ0) is 24.1. The number of thiophene rings is 1. The number of amides is 2. The van der Waals surface area contributed by atoms with Gasteiger partial charge in [0.25, 0.3) is 0 Å². The van der Waals surface area contributed by atoms with E-state index in [2.05, 4.69) is 5.32 Å². The normalized spacial score (nSPS) is 14.5. The van der Waals surface area contributed by atoms with Gasteiger partial charge >= 0.3 is 0 Å². The molecule has 1 fully saturated rings. The Morgan fingerprint density at radius 3 is 2.35 bits per heavy atom. The highest BCUT2D eigenvalue weighted by Crippen LogP contribution is 2.33. The molecule has 0 aliphatic heterocycles. The highest BCUT2D eigenvalue weighted by Gasteiger charge is 2.35. The minimum atomic E-state index is -0.880. The SMILES string of the molecule is CC(=O)c1ccccc1N(C(=O)Cc1cccs1)[C@H](C(=O)NC1CCCC1)c1ccc(C)cc1. The van der Waals surface area contributed by atoms with Gasteiger partial charge in [-0.3, -0.25) is 19.3 Å². The molecule has 0 spiro atoms. The van der Waals surface area contributed by atoms with Gasteiger partial charge in [0.2, 0.25) is 11.8 Å². The maximum absolute atomic E-state index is 13.9. The van der Waals surface area contributed by atoms with Crippen LogP contribution in [0, 0.1) is 6.92 Å². The fraction of sp³-hybridized carbons (Fsp3) is 0.321. The van der Waals surface area contributed by atoms with E-state index < -0.39 is 6.04 Å². The van der Waals surface area contributed by atoms with Gasteiger partial charge in [0.05, 0.1) is 12.1 Å². The summed E-state index contributed by atoms with van der Waals surface area (Å²) >= 11 is 1.50. The van der Waals surface area contributed by atoms with E-state index in [9.17, 15) is 14.4 Å². The molecule has 0 radical (unpaired) electrons. The summed E-state index contributed by atoms with van der Waals surface area (Å²) < 4.78 is 0. The van der Waals surface area contributed by atoms with E-state index in [1.165, 1.54) is 23.2 Å². The number of carbonyl (C=O) groups excluding carboxylic acids is 3. The molecule has 1 aliphatic carbocycles. The molecule has 1 atom stereocenters. The average Bonchev–Trinajstić information content (AvgIpc) is 3.52. The third-order valence-electron chi connectivity index (χ3n) is 6.32. The highest BCUT2D eigenvalue weighted by molar-refractivity contribution is 7.10. The van der Waals surface area contributed by atoms with Crippen molar-refractivity contribution in [1.82, 2.24) is 5.32 Å². The van der Waals surface area contributed by atoms with Gasteiger partial charge in [-0.05, 0) is 55.8 Å². The van der Waals surface area contributed by atoms with Crippen molar-refractivity contribution in [3.63, 3.8) is 0 Å². The zero-order valence-corrected chi connectivity index (χ0v) is 20.4. The van der Waals surface area contributed by atoms with Gasteiger partial charge in [0.1, 0.15) is 6.04 Å². The zero-order valence-electron chi connectivity index (χ0n) is 19.6. The van der Waals surface area contributed by atoms with Crippen LogP contribution < -0.4 is 10.2 Å². The van der Waals surface area contributed by atoms with Gasteiger partial charge in [-0.1, -0.05) is 60.9 Å². The maximum Gasteiger partial charge on any atom is 0.248 e. The number of hydrogen-bond acceptors (Lipinski definition) is 4. The van der Waals surface area contributed by atoms with Crippen molar-refractivity contribution in [1.29, 1.82) is 0 Å². The molecule has 1 aromatic heterocycles. The van der Waals surface area contributed by atoms with Gasteiger partial charge in [-0.25, -0.2) is 0 Å². The number of nitrogens with zero attached hydrogens (tertiary/aromatic N) is 1. The molecule has 176 valence electrons. The lowest BCUT2D eigenvalue weighted by atomic mass is 9.98. The molecule has 4 rings (SSSR count). The summed E-state index contributed by atoms with van der Waals surface area (Å²) in [6, 6.07) is 17.8. The van der Waals surface area contributed by atoms with Gasteiger partial charge in [-0.2, -0.15) is 0 Å². The minimum absolute atomic E-state index is 0.109. The van der Waals surface area contributed by atoms with Crippen LogP contribution >= 0.6 is 11.3 Å². The Balaban J connectivity index is 1.82. The first-order valence-corrected chi connectivity index (χ1v) is 12.6. The second-order valence-electron chi connectivity index (χ2n) is 8.90. The van der Waals surface area contributed by atoms with E-state index in [-0.39, 0.29) is 30.1 Å². The molecule has 6 heteroatoms. The van der Waals surface area contributed by atoms with E-state index in [0.29, 0.717) is 11.3 Å². The van der Waals surface area contributed by atoms with E-state index in [0.717, 1.165) is 41.7 Å². The first-order chi connectivity index (χ1) is 16.4. The first-order valence-electron chi connectivity index (χ1n) is 11.8. The van der Waals surface area contributed by atoms with Crippen LogP contribution in [0.1, 0.15) is 65.0 Å². The van der Waals surface area contributed by atoms with E-state index in [1.54, 1.807) is 24.3 Å². The maximum atomic E-state index is 13.9. The van der Waals surface area contributed by atoms with Crippen LogP contribution in [0.5, 0.6) is 0 Å². The molecule has 1 N–H and O–H groups in total. The number of benzene rings is 2. The molecule has 3 aromatic rings. The van der Waals surface area contributed by atoms with Crippen LogP contribution in [0.4, 0.5) is 5.69 Å². The number of hydrogen-bond donors (Lipinski definition) is 1. The molecule has 5 nitrogen and oxygen atoms in total. The molecular formula is C28H30N2O3S.